The van der Waals surface area contributed by atoms with E-state index in [9.17, 15) is 0 Å². The zero-order chi connectivity index (χ0) is 14.2. The van der Waals surface area contributed by atoms with Crippen LogP contribution in [0.3, 0.4) is 0 Å². The van der Waals surface area contributed by atoms with Crippen LogP contribution < -0.4 is 0 Å². The van der Waals surface area contributed by atoms with Crippen molar-refractivity contribution in [3.05, 3.63) is 35.9 Å². The molecule has 1 aromatic carbocycles. The highest BCUT2D eigenvalue weighted by Gasteiger charge is 2.21. The second-order valence-electron chi connectivity index (χ2n) is 5.85. The first-order chi connectivity index (χ1) is 9.81. The third-order valence-electron chi connectivity index (χ3n) is 4.23. The van der Waals surface area contributed by atoms with E-state index in [1.165, 1.54) is 31.5 Å². The Morgan fingerprint density at radius 2 is 2.10 bits per heavy atom. The molecule has 3 nitrogen and oxygen atoms in total. The highest BCUT2D eigenvalue weighted by Crippen LogP contribution is 2.19. The lowest BCUT2D eigenvalue weighted by Crippen LogP contribution is -2.41. The van der Waals surface area contributed by atoms with Crippen LogP contribution in [-0.4, -0.2) is 54.2 Å². The molecule has 1 saturated heterocycles. The summed E-state index contributed by atoms with van der Waals surface area (Å²) in [6.07, 6.45) is 2.63. The molecule has 3 heteroatoms. The van der Waals surface area contributed by atoms with Gasteiger partial charge >= 0.3 is 0 Å². The van der Waals surface area contributed by atoms with Crippen molar-refractivity contribution in [3.63, 3.8) is 0 Å². The van der Waals surface area contributed by atoms with Gasteiger partial charge in [-0.1, -0.05) is 37.3 Å². The van der Waals surface area contributed by atoms with Crippen LogP contribution in [-0.2, 0) is 6.54 Å². The largest absolute Gasteiger partial charge is 0.395 e. The Labute approximate surface area is 123 Å². The highest BCUT2D eigenvalue weighted by atomic mass is 16.3. The summed E-state index contributed by atoms with van der Waals surface area (Å²) in [5.74, 6) is 0.749. The normalized spacial score (nSPS) is 20.4. The van der Waals surface area contributed by atoms with Crippen LogP contribution in [0.25, 0.3) is 0 Å². The van der Waals surface area contributed by atoms with E-state index in [0.29, 0.717) is 0 Å². The van der Waals surface area contributed by atoms with Crippen molar-refractivity contribution in [3.8, 4) is 0 Å². The number of nitrogens with zero attached hydrogens (tertiary/aromatic N) is 2. The van der Waals surface area contributed by atoms with Gasteiger partial charge in [-0.2, -0.15) is 0 Å². The smallest absolute Gasteiger partial charge is 0.0558 e. The molecule has 1 aromatic rings. The SMILES string of the molecule is CCN(CCO)CC1CCCN(Cc2ccccc2)C1. The average Bonchev–Trinajstić information content (AvgIpc) is 2.48. The molecule has 1 unspecified atom stereocenters. The van der Waals surface area contributed by atoms with Gasteiger partial charge in [0.05, 0.1) is 6.61 Å². The number of likely N-dealkylation sites (N-methyl/N-ethyl adjacent to an activating group) is 1. The maximum absolute atomic E-state index is 9.09. The summed E-state index contributed by atoms with van der Waals surface area (Å²) in [6, 6.07) is 10.8. The van der Waals surface area contributed by atoms with Crippen molar-refractivity contribution < 1.29 is 5.11 Å². The molecule has 1 N–H and O–H groups in total. The van der Waals surface area contributed by atoms with Crippen LogP contribution in [0, 0.1) is 5.92 Å². The summed E-state index contributed by atoms with van der Waals surface area (Å²) in [4.78, 5) is 4.95. The van der Waals surface area contributed by atoms with Crippen LogP contribution in [0.5, 0.6) is 0 Å². The van der Waals surface area contributed by atoms with Gasteiger partial charge in [-0.15, -0.1) is 0 Å². The van der Waals surface area contributed by atoms with E-state index in [0.717, 1.165) is 32.1 Å². The molecule has 0 aliphatic carbocycles. The molecule has 112 valence electrons. The van der Waals surface area contributed by atoms with Crippen LogP contribution in [0.15, 0.2) is 30.3 Å². The Morgan fingerprint density at radius 1 is 1.30 bits per heavy atom. The number of aliphatic hydroxyl groups excluding tert-OH is 1. The topological polar surface area (TPSA) is 26.7 Å². The van der Waals surface area contributed by atoms with Gasteiger partial charge < -0.3 is 10.0 Å². The number of hydrogen-bond acceptors (Lipinski definition) is 3. The summed E-state index contributed by atoms with van der Waals surface area (Å²) in [6.45, 7) is 8.91. The van der Waals surface area contributed by atoms with Gasteiger partial charge in [-0.3, -0.25) is 4.90 Å². The monoisotopic (exact) mass is 276 g/mol. The van der Waals surface area contributed by atoms with Crippen LogP contribution in [0.1, 0.15) is 25.3 Å². The van der Waals surface area contributed by atoms with Crippen molar-refractivity contribution in [2.24, 2.45) is 5.92 Å². The van der Waals surface area contributed by atoms with E-state index in [-0.39, 0.29) is 6.61 Å². The molecule has 20 heavy (non-hydrogen) atoms. The second kappa shape index (κ2) is 8.40. The van der Waals surface area contributed by atoms with Crippen LogP contribution in [0.4, 0.5) is 0 Å². The maximum atomic E-state index is 9.09. The summed E-state index contributed by atoms with van der Waals surface area (Å²) >= 11 is 0. The second-order valence-corrected chi connectivity index (χ2v) is 5.85. The maximum Gasteiger partial charge on any atom is 0.0558 e. The Balaban J connectivity index is 1.82. The molecule has 1 fully saturated rings. The van der Waals surface area contributed by atoms with Gasteiger partial charge in [0.1, 0.15) is 0 Å². The average molecular weight is 276 g/mol. The summed E-state index contributed by atoms with van der Waals surface area (Å²) in [5, 5.41) is 9.09. The Bertz CT molecular complexity index is 369. The lowest BCUT2D eigenvalue weighted by atomic mass is 9.97. The van der Waals surface area contributed by atoms with E-state index in [1.54, 1.807) is 0 Å². The Kier molecular flexibility index (Phi) is 6.51. The summed E-state index contributed by atoms with van der Waals surface area (Å²) < 4.78 is 0. The minimum absolute atomic E-state index is 0.272. The predicted molar refractivity (Wildman–Crippen MR) is 83.6 cm³/mol. The fourth-order valence-electron chi connectivity index (χ4n) is 3.17. The van der Waals surface area contributed by atoms with Crippen LogP contribution in [0.2, 0.25) is 0 Å². The van der Waals surface area contributed by atoms with Crippen molar-refractivity contribution in [1.82, 2.24) is 9.80 Å². The molecule has 1 atom stereocenters. The van der Waals surface area contributed by atoms with Gasteiger partial charge in [0.15, 0.2) is 0 Å². The fraction of sp³-hybridized carbons (Fsp3) is 0.647. The zero-order valence-corrected chi connectivity index (χ0v) is 12.7. The van der Waals surface area contributed by atoms with Crippen molar-refractivity contribution in [1.29, 1.82) is 0 Å². The van der Waals surface area contributed by atoms with Gasteiger partial charge in [-0.05, 0) is 37.4 Å². The van der Waals surface area contributed by atoms with E-state index in [4.69, 9.17) is 5.11 Å². The van der Waals surface area contributed by atoms with E-state index in [2.05, 4.69) is 47.1 Å². The van der Waals surface area contributed by atoms with Gasteiger partial charge in [-0.25, -0.2) is 0 Å². The fourth-order valence-corrected chi connectivity index (χ4v) is 3.17. The number of likely N-dealkylation sites (tertiary alicyclic amines) is 1. The van der Waals surface area contributed by atoms with E-state index >= 15 is 0 Å². The molecular weight excluding hydrogens is 248 g/mol. The lowest BCUT2D eigenvalue weighted by molar-refractivity contribution is 0.118. The molecule has 0 saturated carbocycles. The molecule has 0 amide bonds. The quantitative estimate of drug-likeness (QED) is 0.827. The standard InChI is InChI=1S/C17H28N2O/c1-2-18(11-12-20)14-17-9-6-10-19(15-17)13-16-7-4-3-5-8-16/h3-5,7-8,17,20H,2,6,9-15H2,1H3. The Hall–Kier alpha value is -0.900. The zero-order valence-electron chi connectivity index (χ0n) is 12.7. The summed E-state index contributed by atoms with van der Waals surface area (Å²) in [5.41, 5.74) is 1.41. The number of rotatable bonds is 7. The summed E-state index contributed by atoms with van der Waals surface area (Å²) in [7, 11) is 0. The minimum Gasteiger partial charge on any atom is -0.395 e. The van der Waals surface area contributed by atoms with Crippen LogP contribution >= 0.6 is 0 Å². The number of aliphatic hydroxyl groups is 1. The minimum atomic E-state index is 0.272. The van der Waals surface area contributed by atoms with E-state index < -0.39 is 0 Å². The van der Waals surface area contributed by atoms with E-state index in [1.807, 2.05) is 0 Å². The van der Waals surface area contributed by atoms with Crippen molar-refractivity contribution in [2.75, 3.05) is 39.3 Å². The first-order valence-corrected chi connectivity index (χ1v) is 7.91. The molecule has 1 aliphatic rings. The molecule has 1 heterocycles. The predicted octanol–water partition coefficient (Wildman–Crippen LogP) is 2.21. The highest BCUT2D eigenvalue weighted by molar-refractivity contribution is 5.14. The number of hydrogen-bond donors (Lipinski definition) is 1. The first kappa shape index (κ1) is 15.5. The van der Waals surface area contributed by atoms with Crippen molar-refractivity contribution >= 4 is 0 Å². The molecule has 0 bridgehead atoms. The molecule has 2 rings (SSSR count). The first-order valence-electron chi connectivity index (χ1n) is 7.91. The third-order valence-corrected chi connectivity index (χ3v) is 4.23. The third kappa shape index (κ3) is 4.89. The van der Waals surface area contributed by atoms with Gasteiger partial charge in [0.2, 0.25) is 0 Å². The van der Waals surface area contributed by atoms with Gasteiger partial charge in [0.25, 0.3) is 0 Å². The molecule has 1 aliphatic heterocycles. The molecule has 0 radical (unpaired) electrons. The molecular formula is C17H28N2O. The number of piperidine rings is 1. The number of benzene rings is 1. The molecule has 0 spiro atoms. The van der Waals surface area contributed by atoms with Gasteiger partial charge in [0, 0.05) is 26.2 Å². The lowest BCUT2D eigenvalue weighted by Gasteiger charge is -2.35. The van der Waals surface area contributed by atoms with Crippen molar-refractivity contribution in [2.45, 2.75) is 26.3 Å². The molecule has 0 aromatic heterocycles. The Morgan fingerprint density at radius 3 is 2.80 bits per heavy atom.